The van der Waals surface area contributed by atoms with Gasteiger partial charge in [-0.25, -0.2) is 0 Å². The van der Waals surface area contributed by atoms with Gasteiger partial charge >= 0.3 is 0 Å². The van der Waals surface area contributed by atoms with Crippen LogP contribution in [0, 0.1) is 5.92 Å². The van der Waals surface area contributed by atoms with Crippen LogP contribution in [0.5, 0.6) is 0 Å². The first kappa shape index (κ1) is 16.8. The number of carbonyl (C=O) groups excluding carboxylic acids is 1. The number of rotatable bonds is 4. The van der Waals surface area contributed by atoms with E-state index in [-0.39, 0.29) is 24.4 Å². The third kappa shape index (κ3) is 4.57. The fraction of sp³-hybridized carbons (Fsp3) is 0.500. The van der Waals surface area contributed by atoms with Crippen LogP contribution in [0.3, 0.4) is 0 Å². The van der Waals surface area contributed by atoms with Gasteiger partial charge in [-0.15, -0.1) is 12.4 Å². The molecule has 1 rings (SSSR count). The molecule has 0 aliphatic carbocycles. The summed E-state index contributed by atoms with van der Waals surface area (Å²) in [5.74, 6) is 0.545. The van der Waals surface area contributed by atoms with Gasteiger partial charge in [0.2, 0.25) is 0 Å². The number of benzene rings is 1. The van der Waals surface area contributed by atoms with Crippen LogP contribution in [0.25, 0.3) is 0 Å². The normalized spacial score (nSPS) is 10.3. The van der Waals surface area contributed by atoms with E-state index in [4.69, 9.17) is 5.73 Å². The van der Waals surface area contributed by atoms with Gasteiger partial charge in [0, 0.05) is 23.8 Å². The molecular weight excluding hydrogens is 248 g/mol. The Balaban J connectivity index is 0.00000289. The standard InChI is InChI=1S/C14H22N2O.ClH/c1-10(2)9-16(11(3)4)14(17)12-5-7-13(15)8-6-12;/h5-8,10-11H,9,15H2,1-4H3;1H. The van der Waals surface area contributed by atoms with Crippen molar-refractivity contribution in [2.24, 2.45) is 5.92 Å². The first-order chi connectivity index (χ1) is 7.91. The molecule has 0 radical (unpaired) electrons. The van der Waals surface area contributed by atoms with E-state index in [0.29, 0.717) is 17.2 Å². The van der Waals surface area contributed by atoms with Crippen molar-refractivity contribution in [1.82, 2.24) is 4.90 Å². The van der Waals surface area contributed by atoms with Gasteiger partial charge in [-0.3, -0.25) is 4.79 Å². The number of nitrogens with zero attached hydrogens (tertiary/aromatic N) is 1. The highest BCUT2D eigenvalue weighted by molar-refractivity contribution is 5.94. The summed E-state index contributed by atoms with van der Waals surface area (Å²) in [5, 5.41) is 0. The minimum Gasteiger partial charge on any atom is -0.399 e. The molecule has 0 bridgehead atoms. The molecule has 0 fully saturated rings. The fourth-order valence-electron chi connectivity index (χ4n) is 1.71. The highest BCUT2D eigenvalue weighted by Crippen LogP contribution is 2.12. The number of nitrogen functional groups attached to an aromatic ring is 1. The van der Waals surface area contributed by atoms with Gasteiger partial charge in [-0.1, -0.05) is 13.8 Å². The predicted molar refractivity (Wildman–Crippen MR) is 79.1 cm³/mol. The molecule has 102 valence electrons. The molecule has 0 aliphatic heterocycles. The average molecular weight is 271 g/mol. The van der Waals surface area contributed by atoms with E-state index in [9.17, 15) is 4.79 Å². The second-order valence-electron chi connectivity index (χ2n) is 5.07. The second-order valence-corrected chi connectivity index (χ2v) is 5.07. The average Bonchev–Trinajstić information content (AvgIpc) is 2.25. The largest absolute Gasteiger partial charge is 0.399 e. The van der Waals surface area contributed by atoms with Crippen LogP contribution in [0.15, 0.2) is 24.3 Å². The Labute approximate surface area is 116 Å². The Kier molecular flexibility index (Phi) is 6.77. The number of anilines is 1. The molecule has 0 aliphatic rings. The van der Waals surface area contributed by atoms with Crippen LogP contribution in [0.2, 0.25) is 0 Å². The highest BCUT2D eigenvalue weighted by atomic mass is 35.5. The molecule has 1 aromatic carbocycles. The van der Waals surface area contributed by atoms with Gasteiger partial charge in [0.15, 0.2) is 0 Å². The zero-order valence-electron chi connectivity index (χ0n) is 11.5. The molecule has 0 unspecified atom stereocenters. The van der Waals surface area contributed by atoms with Crippen LogP contribution in [0.1, 0.15) is 38.1 Å². The minimum atomic E-state index is 0. The van der Waals surface area contributed by atoms with Crippen molar-refractivity contribution in [3.05, 3.63) is 29.8 Å². The van der Waals surface area contributed by atoms with Gasteiger partial charge in [0.1, 0.15) is 0 Å². The maximum atomic E-state index is 12.3. The Morgan fingerprint density at radius 1 is 1.17 bits per heavy atom. The van der Waals surface area contributed by atoms with Crippen molar-refractivity contribution >= 4 is 24.0 Å². The van der Waals surface area contributed by atoms with Gasteiger partial charge in [0.05, 0.1) is 0 Å². The summed E-state index contributed by atoms with van der Waals surface area (Å²) < 4.78 is 0. The Bertz CT molecular complexity index is 374. The molecule has 2 N–H and O–H groups in total. The summed E-state index contributed by atoms with van der Waals surface area (Å²) in [4.78, 5) is 14.2. The maximum Gasteiger partial charge on any atom is 0.254 e. The first-order valence-corrected chi connectivity index (χ1v) is 6.08. The lowest BCUT2D eigenvalue weighted by molar-refractivity contribution is 0.0682. The van der Waals surface area contributed by atoms with E-state index in [0.717, 1.165) is 6.54 Å². The van der Waals surface area contributed by atoms with Crippen molar-refractivity contribution in [2.45, 2.75) is 33.7 Å². The molecule has 0 aromatic heterocycles. The molecule has 3 nitrogen and oxygen atoms in total. The lowest BCUT2D eigenvalue weighted by Gasteiger charge is -2.28. The van der Waals surface area contributed by atoms with Crippen molar-refractivity contribution < 1.29 is 4.79 Å². The summed E-state index contributed by atoms with van der Waals surface area (Å²) in [5.41, 5.74) is 7.00. The number of hydrogen-bond donors (Lipinski definition) is 1. The monoisotopic (exact) mass is 270 g/mol. The zero-order chi connectivity index (χ0) is 13.0. The third-order valence-electron chi connectivity index (χ3n) is 2.60. The topological polar surface area (TPSA) is 46.3 Å². The van der Waals surface area contributed by atoms with Crippen molar-refractivity contribution in [2.75, 3.05) is 12.3 Å². The van der Waals surface area contributed by atoms with Crippen molar-refractivity contribution in [3.63, 3.8) is 0 Å². The molecular formula is C14H23ClN2O. The van der Waals surface area contributed by atoms with Crippen molar-refractivity contribution in [3.8, 4) is 0 Å². The van der Waals surface area contributed by atoms with Crippen LogP contribution in [-0.4, -0.2) is 23.4 Å². The van der Waals surface area contributed by atoms with Crippen molar-refractivity contribution in [1.29, 1.82) is 0 Å². The summed E-state index contributed by atoms with van der Waals surface area (Å²) >= 11 is 0. The van der Waals surface area contributed by atoms with E-state index >= 15 is 0 Å². The molecule has 1 amide bonds. The molecule has 0 heterocycles. The summed E-state index contributed by atoms with van der Waals surface area (Å²) in [6.45, 7) is 9.09. The van der Waals surface area contributed by atoms with Gasteiger partial charge < -0.3 is 10.6 Å². The number of hydrogen-bond acceptors (Lipinski definition) is 2. The fourth-order valence-corrected chi connectivity index (χ4v) is 1.71. The van der Waals surface area contributed by atoms with Crippen LogP contribution in [-0.2, 0) is 0 Å². The smallest absolute Gasteiger partial charge is 0.254 e. The predicted octanol–water partition coefficient (Wildman–Crippen LogP) is 3.20. The number of halogens is 1. The molecule has 4 heteroatoms. The van der Waals surface area contributed by atoms with Gasteiger partial charge in [-0.2, -0.15) is 0 Å². The minimum absolute atomic E-state index is 0. The number of amides is 1. The molecule has 0 spiro atoms. The quantitative estimate of drug-likeness (QED) is 0.854. The van der Waals surface area contributed by atoms with Gasteiger partial charge in [0.25, 0.3) is 5.91 Å². The lowest BCUT2D eigenvalue weighted by Crippen LogP contribution is -2.39. The maximum absolute atomic E-state index is 12.3. The van der Waals surface area contributed by atoms with E-state index in [1.807, 2.05) is 18.7 Å². The van der Waals surface area contributed by atoms with E-state index in [2.05, 4.69) is 13.8 Å². The Morgan fingerprint density at radius 3 is 2.06 bits per heavy atom. The highest BCUT2D eigenvalue weighted by Gasteiger charge is 2.19. The summed E-state index contributed by atoms with van der Waals surface area (Å²) in [6.07, 6.45) is 0. The van der Waals surface area contributed by atoms with E-state index in [1.165, 1.54) is 0 Å². The Hall–Kier alpha value is -1.22. The summed E-state index contributed by atoms with van der Waals surface area (Å²) in [7, 11) is 0. The number of nitrogens with two attached hydrogens (primary N) is 1. The van der Waals surface area contributed by atoms with E-state index in [1.54, 1.807) is 24.3 Å². The third-order valence-corrected chi connectivity index (χ3v) is 2.60. The first-order valence-electron chi connectivity index (χ1n) is 6.08. The summed E-state index contributed by atoms with van der Waals surface area (Å²) in [6, 6.07) is 7.31. The number of carbonyl (C=O) groups is 1. The Morgan fingerprint density at radius 2 is 1.67 bits per heavy atom. The van der Waals surface area contributed by atoms with E-state index < -0.39 is 0 Å². The molecule has 0 saturated heterocycles. The molecule has 18 heavy (non-hydrogen) atoms. The lowest BCUT2D eigenvalue weighted by atomic mass is 10.1. The van der Waals surface area contributed by atoms with Crippen LogP contribution in [0.4, 0.5) is 5.69 Å². The SMILES string of the molecule is CC(C)CN(C(=O)c1ccc(N)cc1)C(C)C.Cl. The van der Waals surface area contributed by atoms with Gasteiger partial charge in [-0.05, 0) is 44.0 Å². The zero-order valence-corrected chi connectivity index (χ0v) is 12.3. The second kappa shape index (κ2) is 7.27. The molecule has 0 atom stereocenters. The van der Waals surface area contributed by atoms with Crippen LogP contribution >= 0.6 is 12.4 Å². The molecule has 1 aromatic rings. The van der Waals surface area contributed by atoms with Crippen LogP contribution < -0.4 is 5.73 Å². The molecule has 0 saturated carbocycles.